The van der Waals surface area contributed by atoms with Crippen LogP contribution in [0.15, 0.2) is 80.1 Å². The second-order valence-corrected chi connectivity index (χ2v) is 10.4. The molecule has 0 aliphatic rings. The Kier molecular flexibility index (Phi) is 5.63. The lowest BCUT2D eigenvalue weighted by Crippen LogP contribution is -2.19. The molecule has 6 nitrogen and oxygen atoms in total. The number of hydrogen-bond acceptors (Lipinski definition) is 4. The molecule has 0 amide bonds. The van der Waals surface area contributed by atoms with E-state index < -0.39 is 10.0 Å². The maximum Gasteiger partial charge on any atom is 0.328 e. The van der Waals surface area contributed by atoms with Crippen molar-refractivity contribution in [3.8, 4) is 0 Å². The highest BCUT2D eigenvalue weighted by molar-refractivity contribution is 7.99. The SMILES string of the molecule is Cc1ccc(Sc2cc3c(cc2NS(=O)(=O)c2ccccc2Cl)n(C)c(=O)n3C)cc1. The van der Waals surface area contributed by atoms with Gasteiger partial charge < -0.3 is 0 Å². The molecule has 0 bridgehead atoms. The number of halogens is 1. The summed E-state index contributed by atoms with van der Waals surface area (Å²) in [5.74, 6) is 0. The van der Waals surface area contributed by atoms with Crippen LogP contribution in [0.1, 0.15) is 5.56 Å². The minimum Gasteiger partial charge on any atom is -0.295 e. The number of aryl methyl sites for hydroxylation is 3. The van der Waals surface area contributed by atoms with Crippen molar-refractivity contribution >= 4 is 50.1 Å². The first kappa shape index (κ1) is 21.5. The van der Waals surface area contributed by atoms with Crippen LogP contribution in [0.3, 0.4) is 0 Å². The summed E-state index contributed by atoms with van der Waals surface area (Å²) in [4.78, 5) is 14.0. The molecule has 4 aromatic rings. The first-order valence-corrected chi connectivity index (χ1v) is 12.1. The molecule has 0 aliphatic heterocycles. The number of rotatable bonds is 5. The van der Waals surface area contributed by atoms with E-state index in [2.05, 4.69) is 4.72 Å². The number of hydrogen-bond donors (Lipinski definition) is 1. The minimum absolute atomic E-state index is 0.00926. The van der Waals surface area contributed by atoms with Gasteiger partial charge in [0, 0.05) is 23.9 Å². The molecule has 1 aromatic heterocycles. The lowest BCUT2D eigenvalue weighted by atomic mass is 10.2. The van der Waals surface area contributed by atoms with Gasteiger partial charge in [0.05, 0.1) is 21.7 Å². The highest BCUT2D eigenvalue weighted by Crippen LogP contribution is 2.37. The van der Waals surface area contributed by atoms with Crippen molar-refractivity contribution in [2.24, 2.45) is 14.1 Å². The van der Waals surface area contributed by atoms with Crippen molar-refractivity contribution in [2.45, 2.75) is 21.6 Å². The maximum absolute atomic E-state index is 13.1. The summed E-state index contributed by atoms with van der Waals surface area (Å²) in [6.45, 7) is 2.00. The van der Waals surface area contributed by atoms with Gasteiger partial charge in [-0.2, -0.15) is 0 Å². The third-order valence-electron chi connectivity index (χ3n) is 4.99. The van der Waals surface area contributed by atoms with Crippen LogP contribution < -0.4 is 10.4 Å². The molecule has 0 saturated heterocycles. The monoisotopic (exact) mass is 473 g/mol. The topological polar surface area (TPSA) is 73.1 Å². The average Bonchev–Trinajstić information content (AvgIpc) is 2.93. The molecule has 31 heavy (non-hydrogen) atoms. The zero-order chi connectivity index (χ0) is 22.3. The van der Waals surface area contributed by atoms with Gasteiger partial charge in [-0.3, -0.25) is 13.9 Å². The fourth-order valence-corrected chi connectivity index (χ4v) is 5.86. The Morgan fingerprint density at radius 1 is 0.935 bits per heavy atom. The summed E-state index contributed by atoms with van der Waals surface area (Å²) < 4.78 is 31.9. The molecular formula is C22H20ClN3O3S2. The van der Waals surface area contributed by atoms with E-state index in [1.54, 1.807) is 36.9 Å². The third kappa shape index (κ3) is 4.11. The zero-order valence-electron chi connectivity index (χ0n) is 17.1. The Morgan fingerprint density at radius 2 is 1.55 bits per heavy atom. The van der Waals surface area contributed by atoms with Crippen molar-refractivity contribution in [2.75, 3.05) is 4.72 Å². The van der Waals surface area contributed by atoms with Crippen LogP contribution in [0.5, 0.6) is 0 Å². The molecule has 0 unspecified atom stereocenters. The van der Waals surface area contributed by atoms with Crippen LogP contribution in [0.2, 0.25) is 5.02 Å². The number of anilines is 1. The molecule has 3 aromatic carbocycles. The van der Waals surface area contributed by atoms with Gasteiger partial charge in [-0.25, -0.2) is 13.2 Å². The Bertz CT molecular complexity index is 1460. The molecule has 4 rings (SSSR count). The highest BCUT2D eigenvalue weighted by atomic mass is 35.5. The Morgan fingerprint density at radius 3 is 2.19 bits per heavy atom. The molecule has 0 spiro atoms. The molecule has 1 heterocycles. The predicted octanol–water partition coefficient (Wildman–Crippen LogP) is 4.79. The largest absolute Gasteiger partial charge is 0.328 e. The van der Waals surface area contributed by atoms with Gasteiger partial charge in [0.1, 0.15) is 4.90 Å². The lowest BCUT2D eigenvalue weighted by molar-refractivity contribution is 0.601. The molecule has 9 heteroatoms. The van der Waals surface area contributed by atoms with Crippen molar-refractivity contribution in [1.82, 2.24) is 9.13 Å². The zero-order valence-corrected chi connectivity index (χ0v) is 19.5. The van der Waals surface area contributed by atoms with Gasteiger partial charge in [-0.05, 0) is 43.3 Å². The maximum atomic E-state index is 13.1. The third-order valence-corrected chi connectivity index (χ3v) is 7.92. The average molecular weight is 474 g/mol. The van der Waals surface area contributed by atoms with Gasteiger partial charge in [-0.1, -0.05) is 53.2 Å². The first-order valence-electron chi connectivity index (χ1n) is 9.39. The highest BCUT2D eigenvalue weighted by Gasteiger charge is 2.21. The smallest absolute Gasteiger partial charge is 0.295 e. The van der Waals surface area contributed by atoms with Crippen LogP contribution >= 0.6 is 23.4 Å². The van der Waals surface area contributed by atoms with E-state index in [9.17, 15) is 13.2 Å². The molecule has 0 radical (unpaired) electrons. The molecule has 0 saturated carbocycles. The van der Waals surface area contributed by atoms with E-state index in [1.165, 1.54) is 28.5 Å². The number of benzene rings is 3. The summed E-state index contributed by atoms with van der Waals surface area (Å²) in [6.07, 6.45) is 0. The van der Waals surface area contributed by atoms with Crippen LogP contribution in [0.25, 0.3) is 11.0 Å². The predicted molar refractivity (Wildman–Crippen MR) is 126 cm³/mol. The van der Waals surface area contributed by atoms with Crippen LogP contribution in [0.4, 0.5) is 5.69 Å². The molecule has 1 N–H and O–H groups in total. The van der Waals surface area contributed by atoms with E-state index in [1.807, 2.05) is 37.3 Å². The summed E-state index contributed by atoms with van der Waals surface area (Å²) in [5, 5.41) is 0.135. The van der Waals surface area contributed by atoms with E-state index in [-0.39, 0.29) is 15.6 Å². The second kappa shape index (κ2) is 8.11. The summed E-state index contributed by atoms with van der Waals surface area (Å²) >= 11 is 7.55. The molecule has 160 valence electrons. The van der Waals surface area contributed by atoms with E-state index in [0.717, 1.165) is 10.5 Å². The first-order chi connectivity index (χ1) is 14.7. The van der Waals surface area contributed by atoms with Gasteiger partial charge in [0.2, 0.25) is 0 Å². The van der Waals surface area contributed by atoms with Crippen molar-refractivity contribution < 1.29 is 8.42 Å². The van der Waals surface area contributed by atoms with Gasteiger partial charge in [0.15, 0.2) is 0 Å². The Balaban J connectivity index is 1.87. The lowest BCUT2D eigenvalue weighted by Gasteiger charge is -2.14. The molecule has 0 fully saturated rings. The van der Waals surface area contributed by atoms with Gasteiger partial charge in [0.25, 0.3) is 10.0 Å². The summed E-state index contributed by atoms with van der Waals surface area (Å²) in [7, 11) is -0.590. The fraction of sp³-hybridized carbons (Fsp3) is 0.136. The number of sulfonamides is 1. The van der Waals surface area contributed by atoms with E-state index in [0.29, 0.717) is 21.6 Å². The number of fused-ring (bicyclic) bond motifs is 1. The Hall–Kier alpha value is -2.68. The summed E-state index contributed by atoms with van der Waals surface area (Å²) in [6, 6.07) is 17.7. The van der Waals surface area contributed by atoms with Crippen molar-refractivity contribution in [3.63, 3.8) is 0 Å². The van der Waals surface area contributed by atoms with E-state index >= 15 is 0 Å². The quantitative estimate of drug-likeness (QED) is 0.452. The van der Waals surface area contributed by atoms with Gasteiger partial charge >= 0.3 is 5.69 Å². The fourth-order valence-electron chi connectivity index (χ4n) is 3.29. The molecule has 0 aliphatic carbocycles. The van der Waals surface area contributed by atoms with Crippen molar-refractivity contribution in [3.05, 3.63) is 81.7 Å². The minimum atomic E-state index is -3.94. The van der Waals surface area contributed by atoms with Crippen LogP contribution in [-0.4, -0.2) is 17.6 Å². The van der Waals surface area contributed by atoms with Crippen LogP contribution in [0, 0.1) is 6.92 Å². The second-order valence-electron chi connectivity index (χ2n) is 7.19. The van der Waals surface area contributed by atoms with Crippen LogP contribution in [-0.2, 0) is 24.1 Å². The number of nitrogens with one attached hydrogen (secondary N) is 1. The van der Waals surface area contributed by atoms with Crippen molar-refractivity contribution in [1.29, 1.82) is 0 Å². The molecule has 0 atom stereocenters. The van der Waals surface area contributed by atoms with E-state index in [4.69, 9.17) is 11.6 Å². The normalized spacial score (nSPS) is 11.7. The summed E-state index contributed by atoms with van der Waals surface area (Å²) in [5.41, 5.74) is 2.65. The number of nitrogens with zero attached hydrogens (tertiary/aromatic N) is 2. The Labute approximate surface area is 189 Å². The number of imidazole rings is 1. The standard InChI is InChI=1S/C22H20ClN3O3S2/c1-14-8-10-15(11-9-14)30-20-13-19-18(25(2)22(27)26(19)3)12-17(20)24-31(28,29)21-7-5-4-6-16(21)23/h4-13,24H,1-3H3. The number of aromatic nitrogens is 2. The van der Waals surface area contributed by atoms with Gasteiger partial charge in [-0.15, -0.1) is 0 Å². The molecular weight excluding hydrogens is 454 g/mol.